The van der Waals surface area contributed by atoms with E-state index in [2.05, 4.69) is 25.8 Å². The van der Waals surface area contributed by atoms with E-state index >= 15 is 0 Å². The fourth-order valence-electron chi connectivity index (χ4n) is 5.26. The number of ether oxygens (including phenoxy) is 9. The normalized spacial score (nSPS) is 12.9. The highest BCUT2D eigenvalue weighted by atomic mass is 32.2. The van der Waals surface area contributed by atoms with Crippen LogP contribution in [0.5, 0.6) is 5.75 Å². The number of β-lactam (4-membered cyclic amide) rings is 1. The number of nitrogens with zero attached hydrogens (tertiary/aromatic N) is 8. The number of hydrogen-bond acceptors (Lipinski definition) is 18. The first-order valence-corrected chi connectivity index (χ1v) is 21.3. The number of tetrazole rings is 1. The second-order valence-corrected chi connectivity index (χ2v) is 14.9. The predicted octanol–water partition coefficient (Wildman–Crippen LogP) is 0.942. The zero-order chi connectivity index (χ0) is 42.3. The highest BCUT2D eigenvalue weighted by Gasteiger charge is 2.30. The average molecular weight is 861 g/mol. The molecule has 2 aromatic carbocycles. The van der Waals surface area contributed by atoms with E-state index in [1.807, 2.05) is 18.3 Å². The molecule has 0 bridgehead atoms. The molecule has 2 aromatic heterocycles. The monoisotopic (exact) mass is 860 g/mol. The number of rotatable bonds is 32. The van der Waals surface area contributed by atoms with Crippen LogP contribution in [0.1, 0.15) is 28.0 Å². The van der Waals surface area contributed by atoms with Crippen molar-refractivity contribution < 1.29 is 60.6 Å². The first kappa shape index (κ1) is 46.3. The lowest BCUT2D eigenvalue weighted by Gasteiger charge is -2.28. The molecule has 0 aliphatic carbocycles. The Morgan fingerprint density at radius 2 is 1.20 bits per heavy atom. The number of carbonyl (C=O) groups excluding carboxylic acids is 2. The molecule has 1 aliphatic heterocycles. The van der Waals surface area contributed by atoms with Crippen molar-refractivity contribution in [2.75, 3.05) is 112 Å². The second-order valence-electron chi connectivity index (χ2n) is 13.0. The first-order valence-electron chi connectivity index (χ1n) is 19.4. The third-order valence-corrected chi connectivity index (χ3v) is 9.37. The van der Waals surface area contributed by atoms with Gasteiger partial charge in [0, 0.05) is 24.8 Å². The predicted molar refractivity (Wildman–Crippen MR) is 209 cm³/mol. The van der Waals surface area contributed by atoms with Gasteiger partial charge in [0.1, 0.15) is 18.1 Å². The molecule has 1 fully saturated rings. The Morgan fingerprint density at radius 3 is 1.75 bits per heavy atom. The minimum absolute atomic E-state index is 0.131. The second kappa shape index (κ2) is 25.8. The van der Waals surface area contributed by atoms with E-state index in [0.29, 0.717) is 155 Å². The number of imide groups is 1. The molecule has 2 amide bonds. The van der Waals surface area contributed by atoms with Crippen molar-refractivity contribution in [3.05, 3.63) is 71.5 Å². The lowest BCUT2D eigenvalue weighted by Crippen LogP contribution is -2.47. The number of amides is 2. The summed E-state index contributed by atoms with van der Waals surface area (Å²) in [5, 5.41) is 18.7. The van der Waals surface area contributed by atoms with Gasteiger partial charge in [0.05, 0.1) is 124 Å². The summed E-state index contributed by atoms with van der Waals surface area (Å²) < 4.78 is 76.6. The molecule has 328 valence electrons. The maximum Gasteiger partial charge on any atom is 0.272 e. The van der Waals surface area contributed by atoms with Crippen LogP contribution in [0.3, 0.4) is 0 Å². The third-order valence-electron chi connectivity index (χ3n) is 8.45. The summed E-state index contributed by atoms with van der Waals surface area (Å²) >= 11 is 0. The smallest absolute Gasteiger partial charge is 0.272 e. The Balaban J connectivity index is 0.740. The summed E-state index contributed by atoms with van der Waals surface area (Å²) in [5.41, 5.74) is 2.64. The largest absolute Gasteiger partial charge is 0.491 e. The number of sulfone groups is 1. The summed E-state index contributed by atoms with van der Waals surface area (Å²) in [5.74, 6) is 0.207. The Labute approximate surface area is 347 Å². The van der Waals surface area contributed by atoms with Gasteiger partial charge in [0.2, 0.25) is 15.7 Å². The van der Waals surface area contributed by atoms with Crippen LogP contribution in [-0.4, -0.2) is 172 Å². The quantitative estimate of drug-likeness (QED) is 0.0378. The minimum Gasteiger partial charge on any atom is -0.491 e. The Hall–Kier alpha value is -4.78. The van der Waals surface area contributed by atoms with E-state index in [1.54, 1.807) is 41.1 Å². The molecule has 21 nitrogen and oxygen atoms in total. The number of hydrogen-bond donors (Lipinski definition) is 0. The van der Waals surface area contributed by atoms with E-state index in [1.165, 1.54) is 4.90 Å². The van der Waals surface area contributed by atoms with Crippen molar-refractivity contribution >= 4 is 21.7 Å². The Kier molecular flexibility index (Phi) is 19.9. The molecule has 0 N–H and O–H groups in total. The summed E-state index contributed by atoms with van der Waals surface area (Å²) in [6, 6.07) is 13.8. The van der Waals surface area contributed by atoms with E-state index in [4.69, 9.17) is 42.6 Å². The molecular formula is C38H52N8O13S. The summed E-state index contributed by atoms with van der Waals surface area (Å²) in [6.07, 6.45) is 3.29. The van der Waals surface area contributed by atoms with Gasteiger partial charge in [-0.05, 0) is 52.4 Å². The van der Waals surface area contributed by atoms with E-state index in [0.717, 1.165) is 16.5 Å². The van der Waals surface area contributed by atoms with Crippen LogP contribution in [0.15, 0.2) is 59.9 Å². The lowest BCUT2D eigenvalue weighted by molar-refractivity contribution is -0.135. The zero-order valence-electron chi connectivity index (χ0n) is 33.6. The van der Waals surface area contributed by atoms with Crippen LogP contribution in [0.2, 0.25) is 0 Å². The number of aromatic nitrogens is 7. The highest BCUT2D eigenvalue weighted by Crippen LogP contribution is 2.17. The molecule has 1 saturated heterocycles. The van der Waals surface area contributed by atoms with E-state index < -0.39 is 9.84 Å². The number of carbonyl (C=O) groups is 2. The molecule has 5 rings (SSSR count). The van der Waals surface area contributed by atoms with Crippen molar-refractivity contribution in [1.29, 1.82) is 0 Å². The van der Waals surface area contributed by atoms with Gasteiger partial charge in [-0.1, -0.05) is 22.4 Å². The Morgan fingerprint density at radius 1 is 0.650 bits per heavy atom. The topological polar surface area (TPSA) is 229 Å². The van der Waals surface area contributed by atoms with Crippen molar-refractivity contribution in [3.63, 3.8) is 0 Å². The zero-order valence-corrected chi connectivity index (χ0v) is 34.4. The molecule has 22 heteroatoms. The van der Waals surface area contributed by atoms with Gasteiger partial charge < -0.3 is 42.6 Å². The molecule has 1 aliphatic rings. The van der Waals surface area contributed by atoms with Gasteiger partial charge in [-0.15, -0.1) is 5.10 Å². The molecule has 0 saturated carbocycles. The average Bonchev–Trinajstić information content (AvgIpc) is 3.93. The molecule has 0 spiro atoms. The molecule has 0 atom stereocenters. The van der Waals surface area contributed by atoms with Gasteiger partial charge in [0.25, 0.3) is 11.1 Å². The maximum atomic E-state index is 12.2. The number of likely N-dealkylation sites (tertiary alicyclic amines) is 1. The van der Waals surface area contributed by atoms with E-state index in [9.17, 15) is 18.0 Å². The van der Waals surface area contributed by atoms with Crippen LogP contribution in [0, 0.1) is 0 Å². The molecule has 0 unspecified atom stereocenters. The lowest BCUT2D eigenvalue weighted by atomic mass is 10.1. The fourth-order valence-corrected chi connectivity index (χ4v) is 5.90. The fraction of sp³-hybridized carbons (Fsp3) is 0.553. The molecular weight excluding hydrogens is 809 g/mol. The van der Waals surface area contributed by atoms with Crippen molar-refractivity contribution in [2.24, 2.45) is 0 Å². The van der Waals surface area contributed by atoms with Gasteiger partial charge >= 0.3 is 0 Å². The van der Waals surface area contributed by atoms with Gasteiger partial charge in [-0.2, -0.15) is 4.68 Å². The molecule has 60 heavy (non-hydrogen) atoms. The maximum absolute atomic E-state index is 12.2. The van der Waals surface area contributed by atoms with Crippen molar-refractivity contribution in [2.45, 2.75) is 31.3 Å². The van der Waals surface area contributed by atoms with Crippen LogP contribution >= 0.6 is 0 Å². The van der Waals surface area contributed by atoms with Crippen LogP contribution < -0.4 is 4.74 Å². The van der Waals surface area contributed by atoms with Crippen molar-refractivity contribution in [1.82, 2.24) is 40.1 Å². The SMILES string of the molecule is CS(=O)(=O)c1nnnn1-c1ccc(OCCOCCOCCOCCn2cc(COCCOCCOCCOCCOCc3ccc(C(=O)N4CCC4=O)cc3)nn2)cc1. The van der Waals surface area contributed by atoms with Crippen LogP contribution in [0.25, 0.3) is 5.69 Å². The third kappa shape index (κ3) is 16.3. The summed E-state index contributed by atoms with van der Waals surface area (Å²) in [4.78, 5) is 24.9. The molecule has 0 radical (unpaired) electrons. The highest BCUT2D eigenvalue weighted by molar-refractivity contribution is 7.90. The van der Waals surface area contributed by atoms with Gasteiger partial charge in [0.15, 0.2) is 0 Å². The standard InChI is InChI=1S/C38H52N8O13S/c1-60(49,50)38-40-41-43-46(38)34-6-8-35(9-7-34)59-27-26-56-21-20-52-15-14-51-13-12-44-28-33(39-42-44)30-58-25-23-55-19-17-53-16-18-54-22-24-57-29-31-2-4-32(5-3-31)37(48)45-11-10-36(45)47/h2-9,28H,10-27,29-30H2,1H3. The summed E-state index contributed by atoms with van der Waals surface area (Å²) in [7, 11) is -3.57. The van der Waals surface area contributed by atoms with Crippen LogP contribution in [0.4, 0.5) is 0 Å². The van der Waals surface area contributed by atoms with Gasteiger partial charge in [-0.3, -0.25) is 14.5 Å². The number of benzene rings is 2. The van der Waals surface area contributed by atoms with E-state index in [-0.39, 0.29) is 17.0 Å². The minimum atomic E-state index is -3.57. The van der Waals surface area contributed by atoms with Gasteiger partial charge in [-0.25, -0.2) is 13.1 Å². The summed E-state index contributed by atoms with van der Waals surface area (Å²) in [6.45, 7) is 8.11. The molecule has 4 aromatic rings. The first-order chi connectivity index (χ1) is 29.3. The van der Waals surface area contributed by atoms with Crippen LogP contribution in [-0.2, 0) is 72.3 Å². The van der Waals surface area contributed by atoms with Crippen molar-refractivity contribution in [3.8, 4) is 11.4 Å². The molecule has 3 heterocycles. The Bertz CT molecular complexity index is 1960.